The maximum Gasteiger partial charge on any atom is 0.253 e. The van der Waals surface area contributed by atoms with Crippen LogP contribution in [0.5, 0.6) is 0 Å². The molecule has 156 valence electrons. The lowest BCUT2D eigenvalue weighted by molar-refractivity contribution is -0.261. The van der Waals surface area contributed by atoms with E-state index < -0.39 is 29.5 Å². The molecule has 1 aliphatic rings. The summed E-state index contributed by atoms with van der Waals surface area (Å²) >= 11 is 0. The topological polar surface area (TPSA) is 128 Å². The van der Waals surface area contributed by atoms with Crippen LogP contribution >= 0.6 is 0 Å². The summed E-state index contributed by atoms with van der Waals surface area (Å²) in [5.74, 6) is -1.32. The average Bonchev–Trinajstić information content (AvgIpc) is 2.88. The lowest BCUT2D eigenvalue weighted by atomic mass is 10.1. The Morgan fingerprint density at radius 2 is 1.82 bits per heavy atom. The van der Waals surface area contributed by atoms with Crippen molar-refractivity contribution in [2.45, 2.75) is 65.0 Å². The molecule has 0 spiro atoms. The highest BCUT2D eigenvalue weighted by Crippen LogP contribution is 2.10. The van der Waals surface area contributed by atoms with Crippen LogP contribution in [0.2, 0.25) is 0 Å². The van der Waals surface area contributed by atoms with Gasteiger partial charge < -0.3 is 15.2 Å². The smallest absolute Gasteiger partial charge is 0.253 e. The number of ketones is 1. The first kappa shape index (κ1) is 23.3. The standard InChI is InChI=1S/C19H29N3O6/c1-13(23)14(21-18(27)28-19(2,3)4)7-5-6-11-20-15(24)10-12-22-16(25)8-9-17(22)26/h8-9,14H,5-7,10-12H2,1-4H3,(H,20,24)(H,21,27)/p-1/t14-/m1/s1. The minimum Gasteiger partial charge on any atom is -0.595 e. The van der Waals surface area contributed by atoms with Crippen molar-refractivity contribution in [3.8, 4) is 0 Å². The zero-order chi connectivity index (χ0) is 21.3. The fourth-order valence-corrected chi connectivity index (χ4v) is 2.42. The number of imide groups is 1. The van der Waals surface area contributed by atoms with Crippen LogP contribution in [-0.2, 0) is 23.9 Å². The summed E-state index contributed by atoms with van der Waals surface area (Å²) in [4.78, 5) is 51.0. The van der Waals surface area contributed by atoms with Gasteiger partial charge in [0.2, 0.25) is 5.91 Å². The first-order chi connectivity index (χ1) is 13.0. The van der Waals surface area contributed by atoms with Crippen LogP contribution in [0.25, 0.3) is 0 Å². The molecule has 0 aliphatic carbocycles. The molecule has 0 aromatic rings. The van der Waals surface area contributed by atoms with Gasteiger partial charge in [-0.2, -0.15) is 0 Å². The third kappa shape index (κ3) is 8.79. The summed E-state index contributed by atoms with van der Waals surface area (Å²) in [7, 11) is 0. The largest absolute Gasteiger partial charge is 0.595 e. The number of hydrogen-bond donors (Lipinski definition) is 1. The highest BCUT2D eigenvalue weighted by Gasteiger charge is 2.23. The minimum absolute atomic E-state index is 0.0310. The van der Waals surface area contributed by atoms with E-state index in [4.69, 9.17) is 4.74 Å². The summed E-state index contributed by atoms with van der Waals surface area (Å²) in [6, 6.07) is -0.759. The molecular formula is C19H28N3O6-. The van der Waals surface area contributed by atoms with Gasteiger partial charge >= 0.3 is 0 Å². The molecule has 0 aromatic heterocycles. The van der Waals surface area contributed by atoms with Gasteiger partial charge in [-0.25, -0.2) is 0 Å². The first-order valence-corrected chi connectivity index (χ1v) is 9.24. The molecule has 1 aliphatic heterocycles. The Kier molecular flexibility index (Phi) is 8.81. The Morgan fingerprint density at radius 1 is 1.21 bits per heavy atom. The number of amides is 3. The Labute approximate surface area is 164 Å². The van der Waals surface area contributed by atoms with Crippen LogP contribution in [0.1, 0.15) is 53.4 Å². The molecule has 9 heteroatoms. The molecule has 28 heavy (non-hydrogen) atoms. The van der Waals surface area contributed by atoms with Crippen molar-refractivity contribution in [1.82, 2.24) is 10.2 Å². The van der Waals surface area contributed by atoms with Crippen molar-refractivity contribution in [1.29, 1.82) is 0 Å². The van der Waals surface area contributed by atoms with E-state index in [-0.39, 0.29) is 24.7 Å². The van der Waals surface area contributed by atoms with Gasteiger partial charge in [-0.1, -0.05) is 20.8 Å². The van der Waals surface area contributed by atoms with E-state index in [0.717, 1.165) is 4.90 Å². The number of carbonyl (C=O) groups excluding carboxylic acids is 4. The fourth-order valence-electron chi connectivity index (χ4n) is 2.42. The monoisotopic (exact) mass is 394 g/mol. The van der Waals surface area contributed by atoms with E-state index in [0.29, 0.717) is 25.8 Å². The van der Waals surface area contributed by atoms with Crippen molar-refractivity contribution in [2.24, 2.45) is 4.99 Å². The van der Waals surface area contributed by atoms with Crippen LogP contribution in [-0.4, -0.2) is 59.2 Å². The van der Waals surface area contributed by atoms with Gasteiger partial charge in [0.15, 0.2) is 5.78 Å². The molecule has 0 radical (unpaired) electrons. The molecule has 9 nitrogen and oxygen atoms in total. The van der Waals surface area contributed by atoms with Crippen LogP contribution in [0.3, 0.4) is 0 Å². The number of nitrogens with one attached hydrogen (secondary N) is 1. The number of unbranched alkanes of at least 4 members (excludes halogenated alkanes) is 1. The molecule has 1 atom stereocenters. The molecule has 3 amide bonds. The third-order valence-corrected chi connectivity index (χ3v) is 3.81. The highest BCUT2D eigenvalue weighted by molar-refractivity contribution is 6.13. The van der Waals surface area contributed by atoms with Crippen LogP contribution in [0.4, 0.5) is 0 Å². The molecule has 0 bridgehead atoms. The SMILES string of the molecule is CC(=O)[C@@H](CCCCNC(=O)CCN1C(=O)C=CC1=O)N=C([O-])OC(C)(C)C. The van der Waals surface area contributed by atoms with Crippen molar-refractivity contribution in [2.75, 3.05) is 13.1 Å². The van der Waals surface area contributed by atoms with E-state index in [2.05, 4.69) is 10.3 Å². The maximum absolute atomic E-state index is 11.8. The van der Waals surface area contributed by atoms with Crippen molar-refractivity contribution >= 4 is 29.6 Å². The van der Waals surface area contributed by atoms with Gasteiger partial charge in [0, 0.05) is 37.3 Å². The quantitative estimate of drug-likeness (QED) is 0.242. The number of Topliss-reactive ketones (excluding diaryl/α,β-unsaturated/α-hetero) is 1. The van der Waals surface area contributed by atoms with Crippen molar-refractivity contribution < 1.29 is 29.0 Å². The first-order valence-electron chi connectivity index (χ1n) is 9.24. The van der Waals surface area contributed by atoms with Crippen molar-refractivity contribution in [3.05, 3.63) is 12.2 Å². The molecule has 1 rings (SSSR count). The molecule has 0 saturated carbocycles. The maximum atomic E-state index is 11.8. The number of carbonyl (C=O) groups is 4. The lowest BCUT2D eigenvalue weighted by Gasteiger charge is -2.30. The molecule has 1 heterocycles. The van der Waals surface area contributed by atoms with Crippen LogP contribution in [0.15, 0.2) is 17.1 Å². The van der Waals surface area contributed by atoms with Gasteiger partial charge in [-0.05, 0) is 26.2 Å². The van der Waals surface area contributed by atoms with E-state index >= 15 is 0 Å². The van der Waals surface area contributed by atoms with Gasteiger partial charge in [-0.3, -0.25) is 29.1 Å². The highest BCUT2D eigenvalue weighted by atomic mass is 16.6. The van der Waals surface area contributed by atoms with Crippen LogP contribution in [0, 0.1) is 0 Å². The molecule has 0 saturated heterocycles. The molecule has 0 unspecified atom stereocenters. The third-order valence-electron chi connectivity index (χ3n) is 3.81. The zero-order valence-electron chi connectivity index (χ0n) is 16.8. The molecule has 0 fully saturated rings. The van der Waals surface area contributed by atoms with Crippen LogP contribution < -0.4 is 10.4 Å². The summed E-state index contributed by atoms with van der Waals surface area (Å²) in [5, 5.41) is 14.4. The number of ether oxygens (including phenoxy) is 1. The predicted molar refractivity (Wildman–Crippen MR) is 100 cm³/mol. The van der Waals surface area contributed by atoms with Gasteiger partial charge in [0.1, 0.15) is 12.1 Å². The summed E-state index contributed by atoms with van der Waals surface area (Å²) in [5.41, 5.74) is -0.674. The Balaban J connectivity index is 2.27. The summed E-state index contributed by atoms with van der Waals surface area (Å²) < 4.78 is 5.09. The molecule has 0 aromatic carbocycles. The van der Waals surface area contributed by atoms with E-state index in [1.807, 2.05) is 0 Å². The number of hydrogen-bond acceptors (Lipinski definition) is 7. The fraction of sp³-hybridized carbons (Fsp3) is 0.632. The minimum atomic E-state index is -0.763. The average molecular weight is 394 g/mol. The lowest BCUT2D eigenvalue weighted by Crippen LogP contribution is -2.35. The Hall–Kier alpha value is -2.71. The molecule has 1 N–H and O–H groups in total. The summed E-state index contributed by atoms with van der Waals surface area (Å²) in [6.07, 6.45) is 3.19. The van der Waals surface area contributed by atoms with Gasteiger partial charge in [0.05, 0.1) is 0 Å². The van der Waals surface area contributed by atoms with E-state index in [9.17, 15) is 24.3 Å². The Morgan fingerprint density at radius 3 is 2.36 bits per heavy atom. The predicted octanol–water partition coefficient (Wildman–Crippen LogP) is 0.0770. The zero-order valence-corrected chi connectivity index (χ0v) is 16.8. The molecular weight excluding hydrogens is 366 g/mol. The normalized spacial score (nSPS) is 15.7. The van der Waals surface area contributed by atoms with E-state index in [1.54, 1.807) is 20.8 Å². The second kappa shape index (κ2) is 10.6. The van der Waals surface area contributed by atoms with Gasteiger partial charge in [0.25, 0.3) is 11.8 Å². The number of aliphatic imine (C=N–C) groups is 1. The summed E-state index contributed by atoms with van der Waals surface area (Å²) in [6.45, 7) is 6.96. The number of rotatable bonds is 10. The second-order valence-corrected chi connectivity index (χ2v) is 7.49. The second-order valence-electron chi connectivity index (χ2n) is 7.49. The van der Waals surface area contributed by atoms with Gasteiger partial charge in [-0.15, -0.1) is 0 Å². The van der Waals surface area contributed by atoms with E-state index in [1.165, 1.54) is 19.1 Å². The Bertz CT molecular complexity index is 645. The number of nitrogens with zero attached hydrogens (tertiary/aromatic N) is 2. The van der Waals surface area contributed by atoms with Crippen molar-refractivity contribution in [3.63, 3.8) is 0 Å².